The number of fused-ring (bicyclic) bond motifs is 1. The van der Waals surface area contributed by atoms with Crippen LogP contribution in [0.25, 0.3) is 11.0 Å². The van der Waals surface area contributed by atoms with E-state index in [0.717, 1.165) is 21.3 Å². The Morgan fingerprint density at radius 3 is 2.74 bits per heavy atom. The molecular weight excluding hydrogens is 322 g/mol. The number of hydrogen-bond acceptors (Lipinski definition) is 2. The number of nitrogens with zero attached hydrogens (tertiary/aromatic N) is 2. The maximum atomic E-state index is 5.50. The Bertz CT molecular complexity index is 667. The van der Waals surface area contributed by atoms with Crippen LogP contribution in [0.1, 0.15) is 19.3 Å². The topological polar surface area (TPSA) is 24.0 Å². The number of likely N-dealkylation sites (N-methyl/N-ethyl adjacent to an activating group) is 1. The smallest absolute Gasteiger partial charge is 0.178 e. The molecule has 0 radical (unpaired) electrons. The molecule has 0 amide bonds. The molecule has 3 nitrogen and oxygen atoms in total. The summed E-state index contributed by atoms with van der Waals surface area (Å²) in [6.07, 6.45) is 3.83. The molecular formula is C14H18BrN3S. The zero-order valence-electron chi connectivity index (χ0n) is 11.2. The molecule has 1 aliphatic carbocycles. The van der Waals surface area contributed by atoms with E-state index in [1.165, 1.54) is 24.8 Å². The number of aromatic amines is 1. The molecule has 0 unspecified atom stereocenters. The third kappa shape index (κ3) is 2.18. The van der Waals surface area contributed by atoms with Crippen LogP contribution in [0, 0.1) is 4.77 Å². The van der Waals surface area contributed by atoms with Gasteiger partial charge < -0.3 is 14.5 Å². The highest BCUT2D eigenvalue weighted by atomic mass is 79.9. The molecule has 1 aliphatic rings. The van der Waals surface area contributed by atoms with Crippen LogP contribution >= 0.6 is 28.1 Å². The summed E-state index contributed by atoms with van der Waals surface area (Å²) in [4.78, 5) is 5.66. The lowest BCUT2D eigenvalue weighted by Gasteiger charge is -2.47. The molecule has 102 valence electrons. The zero-order valence-corrected chi connectivity index (χ0v) is 13.6. The van der Waals surface area contributed by atoms with E-state index in [1.807, 2.05) is 0 Å². The van der Waals surface area contributed by atoms with Crippen molar-refractivity contribution >= 4 is 39.2 Å². The van der Waals surface area contributed by atoms with Crippen molar-refractivity contribution in [3.8, 4) is 0 Å². The van der Waals surface area contributed by atoms with Crippen LogP contribution in [0.5, 0.6) is 0 Å². The summed E-state index contributed by atoms with van der Waals surface area (Å²) in [5.41, 5.74) is 2.58. The lowest BCUT2D eigenvalue weighted by Crippen LogP contribution is -2.53. The largest absolute Gasteiger partial charge is 0.331 e. The first kappa shape index (κ1) is 13.3. The minimum absolute atomic E-state index is 0.278. The minimum atomic E-state index is 0.278. The second-order valence-corrected chi connectivity index (χ2v) is 6.95. The van der Waals surface area contributed by atoms with Gasteiger partial charge in [0.1, 0.15) is 0 Å². The van der Waals surface area contributed by atoms with Gasteiger partial charge in [-0.2, -0.15) is 0 Å². The van der Waals surface area contributed by atoms with Crippen molar-refractivity contribution in [2.24, 2.45) is 0 Å². The van der Waals surface area contributed by atoms with Crippen LogP contribution < -0.4 is 0 Å². The van der Waals surface area contributed by atoms with Crippen molar-refractivity contribution in [1.82, 2.24) is 14.5 Å². The van der Waals surface area contributed by atoms with Gasteiger partial charge in [-0.1, -0.05) is 15.9 Å². The average molecular weight is 340 g/mol. The van der Waals surface area contributed by atoms with Crippen molar-refractivity contribution in [2.45, 2.75) is 31.3 Å². The zero-order chi connectivity index (χ0) is 13.6. The summed E-state index contributed by atoms with van der Waals surface area (Å²) in [6.45, 7) is 0.973. The van der Waals surface area contributed by atoms with Gasteiger partial charge in [0, 0.05) is 16.6 Å². The predicted molar refractivity (Wildman–Crippen MR) is 85.1 cm³/mol. The van der Waals surface area contributed by atoms with E-state index in [9.17, 15) is 0 Å². The van der Waals surface area contributed by atoms with Crippen LogP contribution in [-0.4, -0.2) is 34.1 Å². The fraction of sp³-hybridized carbons (Fsp3) is 0.500. The van der Waals surface area contributed by atoms with Crippen molar-refractivity contribution < 1.29 is 0 Å². The molecule has 0 spiro atoms. The molecule has 1 heterocycles. The highest BCUT2D eigenvalue weighted by molar-refractivity contribution is 9.10. The van der Waals surface area contributed by atoms with Gasteiger partial charge in [-0.25, -0.2) is 0 Å². The number of halogens is 1. The maximum absolute atomic E-state index is 5.50. The Kier molecular flexibility index (Phi) is 3.31. The predicted octanol–water partition coefficient (Wildman–Crippen LogP) is 3.95. The number of imidazole rings is 1. The van der Waals surface area contributed by atoms with Crippen molar-refractivity contribution in [2.75, 3.05) is 14.1 Å². The van der Waals surface area contributed by atoms with Gasteiger partial charge in [0.05, 0.1) is 11.0 Å². The molecule has 0 aliphatic heterocycles. The van der Waals surface area contributed by atoms with Gasteiger partial charge in [-0.3, -0.25) is 0 Å². The van der Waals surface area contributed by atoms with Crippen LogP contribution in [0.3, 0.4) is 0 Å². The molecule has 1 saturated carbocycles. The van der Waals surface area contributed by atoms with Gasteiger partial charge in [0.2, 0.25) is 0 Å². The molecule has 1 N–H and O–H groups in total. The van der Waals surface area contributed by atoms with E-state index >= 15 is 0 Å². The number of H-pyrrole nitrogens is 1. The van der Waals surface area contributed by atoms with Gasteiger partial charge in [-0.15, -0.1) is 0 Å². The quantitative estimate of drug-likeness (QED) is 0.856. The molecule has 1 aromatic heterocycles. The molecule has 19 heavy (non-hydrogen) atoms. The number of rotatable bonds is 3. The molecule has 5 heteroatoms. The highest BCUT2D eigenvalue weighted by Crippen LogP contribution is 2.38. The Morgan fingerprint density at radius 2 is 2.16 bits per heavy atom. The normalized spacial score (nSPS) is 17.9. The van der Waals surface area contributed by atoms with Gasteiger partial charge in [0.25, 0.3) is 0 Å². The molecule has 1 fully saturated rings. The second kappa shape index (κ2) is 4.72. The highest BCUT2D eigenvalue weighted by Gasteiger charge is 2.39. The minimum Gasteiger partial charge on any atom is -0.331 e. The van der Waals surface area contributed by atoms with Crippen LogP contribution in [0.15, 0.2) is 22.7 Å². The fourth-order valence-electron chi connectivity index (χ4n) is 2.92. The fourth-order valence-corrected chi connectivity index (χ4v) is 3.55. The van der Waals surface area contributed by atoms with E-state index in [1.54, 1.807) is 0 Å². The third-order valence-electron chi connectivity index (χ3n) is 4.42. The van der Waals surface area contributed by atoms with E-state index in [2.05, 4.69) is 62.7 Å². The molecule has 1 aromatic carbocycles. The standard InChI is InChI=1S/C14H18BrN3S/c1-17(2)14(6-3-7-14)9-18-12-5-4-10(15)8-11(12)16-13(18)19/h4-5,8H,3,6-7,9H2,1-2H3,(H,16,19). The number of aromatic nitrogens is 2. The molecule has 0 bridgehead atoms. The first-order valence-corrected chi connectivity index (χ1v) is 7.77. The van der Waals surface area contributed by atoms with Crippen LogP contribution in [0.2, 0.25) is 0 Å². The van der Waals surface area contributed by atoms with Crippen molar-refractivity contribution in [3.63, 3.8) is 0 Å². The number of nitrogens with one attached hydrogen (secondary N) is 1. The van der Waals surface area contributed by atoms with Crippen molar-refractivity contribution in [1.29, 1.82) is 0 Å². The lowest BCUT2D eigenvalue weighted by atomic mass is 9.75. The summed E-state index contributed by atoms with van der Waals surface area (Å²) in [5.74, 6) is 0. The van der Waals surface area contributed by atoms with Gasteiger partial charge in [0.15, 0.2) is 4.77 Å². The number of hydrogen-bond donors (Lipinski definition) is 1. The van der Waals surface area contributed by atoms with E-state index in [4.69, 9.17) is 12.2 Å². The molecule has 2 aromatic rings. The average Bonchev–Trinajstić information content (AvgIpc) is 2.58. The Balaban J connectivity index is 2.06. The van der Waals surface area contributed by atoms with Crippen molar-refractivity contribution in [3.05, 3.63) is 27.4 Å². The van der Waals surface area contributed by atoms with Gasteiger partial charge in [-0.05, 0) is 63.8 Å². The monoisotopic (exact) mass is 339 g/mol. The van der Waals surface area contributed by atoms with E-state index < -0.39 is 0 Å². The Hall–Kier alpha value is -0.650. The Labute approximate surface area is 126 Å². The molecule has 0 atom stereocenters. The summed E-state index contributed by atoms with van der Waals surface area (Å²) in [5, 5.41) is 0. The summed E-state index contributed by atoms with van der Waals surface area (Å²) >= 11 is 9.00. The van der Waals surface area contributed by atoms with Crippen LogP contribution in [-0.2, 0) is 6.54 Å². The second-order valence-electron chi connectivity index (χ2n) is 5.65. The summed E-state index contributed by atoms with van der Waals surface area (Å²) in [6, 6.07) is 6.29. The third-order valence-corrected chi connectivity index (χ3v) is 5.24. The first-order chi connectivity index (χ1) is 9.02. The Morgan fingerprint density at radius 1 is 1.42 bits per heavy atom. The summed E-state index contributed by atoms with van der Waals surface area (Å²) < 4.78 is 4.14. The van der Waals surface area contributed by atoms with Gasteiger partial charge >= 0.3 is 0 Å². The lowest BCUT2D eigenvalue weighted by molar-refractivity contribution is 0.0431. The van der Waals surface area contributed by atoms with E-state index in [-0.39, 0.29) is 5.54 Å². The number of benzene rings is 1. The first-order valence-electron chi connectivity index (χ1n) is 6.57. The SMILES string of the molecule is CN(C)C1(Cn2c(=S)[nH]c3cc(Br)ccc32)CCC1. The molecule has 3 rings (SSSR count). The maximum Gasteiger partial charge on any atom is 0.178 e. The van der Waals surface area contributed by atoms with Crippen LogP contribution in [0.4, 0.5) is 0 Å². The molecule has 0 saturated heterocycles. The summed E-state index contributed by atoms with van der Waals surface area (Å²) in [7, 11) is 4.35. The van der Waals surface area contributed by atoms with E-state index in [0.29, 0.717) is 0 Å².